The minimum absolute atomic E-state index is 0.0833. The Labute approximate surface area is 240 Å². The summed E-state index contributed by atoms with van der Waals surface area (Å²) in [7, 11) is 0. The third-order valence-corrected chi connectivity index (χ3v) is 8.06. The molecular weight excluding hydrogens is 526 g/mol. The summed E-state index contributed by atoms with van der Waals surface area (Å²) in [6, 6.07) is 21.6. The van der Waals surface area contributed by atoms with Crippen molar-refractivity contribution >= 4 is 46.2 Å². The molecule has 1 saturated heterocycles. The van der Waals surface area contributed by atoms with Crippen LogP contribution >= 0.6 is 23.8 Å². The molecule has 5 rings (SSSR count). The summed E-state index contributed by atoms with van der Waals surface area (Å²) < 4.78 is 2.30. The third-order valence-electron chi connectivity index (χ3n) is 7.43. The lowest BCUT2D eigenvalue weighted by Gasteiger charge is -2.29. The van der Waals surface area contributed by atoms with E-state index in [9.17, 15) is 4.79 Å². The number of amides is 1. The number of carbonyl (C=O) groups excluding carboxylic acids is 1. The van der Waals surface area contributed by atoms with Crippen LogP contribution in [0.4, 0.5) is 11.4 Å². The highest BCUT2D eigenvalue weighted by Crippen LogP contribution is 2.46. The number of pyridine rings is 1. The molecule has 1 aliphatic heterocycles. The average molecular weight is 558 g/mol. The first kappa shape index (κ1) is 26.9. The molecular formula is C31H32ClN5OS. The lowest BCUT2D eigenvalue weighted by molar-refractivity contribution is -0.118. The molecule has 4 aromatic rings. The van der Waals surface area contributed by atoms with Crippen LogP contribution < -0.4 is 15.5 Å². The van der Waals surface area contributed by atoms with Crippen LogP contribution in [0.15, 0.2) is 72.9 Å². The van der Waals surface area contributed by atoms with Gasteiger partial charge < -0.3 is 20.1 Å². The van der Waals surface area contributed by atoms with E-state index in [0.29, 0.717) is 15.8 Å². The van der Waals surface area contributed by atoms with Crippen molar-refractivity contribution in [1.29, 1.82) is 0 Å². The van der Waals surface area contributed by atoms with Crippen LogP contribution in [0.1, 0.15) is 54.1 Å². The Morgan fingerprint density at radius 1 is 1.00 bits per heavy atom. The fourth-order valence-electron chi connectivity index (χ4n) is 5.36. The molecule has 2 atom stereocenters. The summed E-state index contributed by atoms with van der Waals surface area (Å²) in [6.45, 7) is 10.2. The molecule has 0 bridgehead atoms. The van der Waals surface area contributed by atoms with Crippen LogP contribution in [0.3, 0.4) is 0 Å². The lowest BCUT2D eigenvalue weighted by atomic mass is 9.93. The molecule has 39 heavy (non-hydrogen) atoms. The third kappa shape index (κ3) is 4.92. The fraction of sp³-hybridized carbons (Fsp3) is 0.258. The summed E-state index contributed by atoms with van der Waals surface area (Å²) in [5, 5.41) is 7.50. The van der Waals surface area contributed by atoms with Gasteiger partial charge >= 0.3 is 0 Å². The van der Waals surface area contributed by atoms with Gasteiger partial charge in [0.25, 0.3) is 0 Å². The maximum atomic E-state index is 12.3. The van der Waals surface area contributed by atoms with Gasteiger partial charge in [-0.05, 0) is 81.0 Å². The highest BCUT2D eigenvalue weighted by Gasteiger charge is 2.43. The topological polar surface area (TPSA) is 62.2 Å². The van der Waals surface area contributed by atoms with Crippen LogP contribution in [0.5, 0.6) is 0 Å². The van der Waals surface area contributed by atoms with E-state index in [1.165, 1.54) is 16.8 Å². The van der Waals surface area contributed by atoms with Gasteiger partial charge in [0.1, 0.15) is 0 Å². The number of halogens is 1. The Hall–Kier alpha value is -3.68. The number of nitrogens with one attached hydrogen (secondary N) is 2. The zero-order chi connectivity index (χ0) is 27.8. The summed E-state index contributed by atoms with van der Waals surface area (Å²) in [5.41, 5.74) is 8.15. The maximum absolute atomic E-state index is 12.3. The molecule has 3 heterocycles. The van der Waals surface area contributed by atoms with Crippen LogP contribution in [-0.2, 0) is 4.79 Å². The number of thiocarbonyl (C=S) groups is 1. The van der Waals surface area contributed by atoms with Gasteiger partial charge in [-0.2, -0.15) is 0 Å². The molecule has 0 aliphatic carbocycles. The van der Waals surface area contributed by atoms with Gasteiger partial charge in [-0.1, -0.05) is 49.7 Å². The number of aromatic nitrogens is 2. The first-order valence-corrected chi connectivity index (χ1v) is 13.8. The van der Waals surface area contributed by atoms with E-state index in [-0.39, 0.29) is 23.9 Å². The Kier molecular flexibility index (Phi) is 7.47. The van der Waals surface area contributed by atoms with Crippen molar-refractivity contribution < 1.29 is 4.79 Å². The Morgan fingerprint density at radius 3 is 2.36 bits per heavy atom. The van der Waals surface area contributed by atoms with Crippen LogP contribution in [0, 0.1) is 26.7 Å². The van der Waals surface area contributed by atoms with Crippen molar-refractivity contribution in [3.8, 4) is 5.69 Å². The predicted molar refractivity (Wildman–Crippen MR) is 163 cm³/mol. The molecule has 1 amide bonds. The molecule has 200 valence electrons. The summed E-state index contributed by atoms with van der Waals surface area (Å²) in [4.78, 5) is 19.1. The molecule has 0 saturated carbocycles. The Bertz CT molecular complexity index is 1530. The van der Waals surface area contributed by atoms with Crippen molar-refractivity contribution in [3.63, 3.8) is 0 Å². The van der Waals surface area contributed by atoms with Gasteiger partial charge in [0, 0.05) is 40.4 Å². The van der Waals surface area contributed by atoms with E-state index in [1.54, 1.807) is 0 Å². The van der Waals surface area contributed by atoms with Crippen LogP contribution in [0.2, 0.25) is 5.02 Å². The number of carbonyl (C=O) groups is 1. The van der Waals surface area contributed by atoms with E-state index in [2.05, 4.69) is 65.1 Å². The van der Waals surface area contributed by atoms with Crippen LogP contribution in [0.25, 0.3) is 5.69 Å². The number of benzene rings is 2. The summed E-state index contributed by atoms with van der Waals surface area (Å²) in [6.07, 6.45) is 1.81. The molecule has 2 aromatic carbocycles. The molecule has 0 radical (unpaired) electrons. The van der Waals surface area contributed by atoms with Gasteiger partial charge in [-0.25, -0.2) is 0 Å². The van der Waals surface area contributed by atoms with Gasteiger partial charge in [0.05, 0.1) is 28.5 Å². The normalized spacial score (nSPS) is 17.0. The van der Waals surface area contributed by atoms with E-state index >= 15 is 0 Å². The van der Waals surface area contributed by atoms with E-state index < -0.39 is 0 Å². The molecule has 0 unspecified atom stereocenters. The van der Waals surface area contributed by atoms with Gasteiger partial charge in [0.15, 0.2) is 5.11 Å². The van der Waals surface area contributed by atoms with Gasteiger partial charge in [0.2, 0.25) is 5.91 Å². The van der Waals surface area contributed by atoms with Crippen molar-refractivity contribution in [2.24, 2.45) is 5.92 Å². The van der Waals surface area contributed by atoms with E-state index in [4.69, 9.17) is 28.8 Å². The number of para-hydroxylation sites is 1. The number of anilines is 2. The van der Waals surface area contributed by atoms with E-state index in [1.807, 2.05) is 62.5 Å². The monoisotopic (exact) mass is 557 g/mol. The molecule has 6 nitrogen and oxygen atoms in total. The maximum Gasteiger partial charge on any atom is 0.226 e. The van der Waals surface area contributed by atoms with E-state index in [0.717, 1.165) is 22.8 Å². The zero-order valence-corrected chi connectivity index (χ0v) is 24.3. The Morgan fingerprint density at radius 2 is 1.72 bits per heavy atom. The SMILES string of the molecule is Cc1c([C@@H]2[C@@H](c3ccccn3)NC(=S)N2c2ccc(NC(=O)C(C)C)c(Cl)c2)c(C)n(-c2ccccc2)c1C. The second kappa shape index (κ2) is 10.8. The average Bonchev–Trinajstić information content (AvgIpc) is 3.37. The minimum Gasteiger partial charge on any atom is -0.351 e. The number of hydrogen-bond donors (Lipinski definition) is 2. The van der Waals surface area contributed by atoms with Crippen molar-refractivity contribution in [2.75, 3.05) is 10.2 Å². The molecule has 1 fully saturated rings. The number of hydrogen-bond acceptors (Lipinski definition) is 3. The first-order chi connectivity index (χ1) is 18.7. The van der Waals surface area contributed by atoms with Crippen molar-refractivity contribution in [2.45, 2.75) is 46.7 Å². The number of rotatable bonds is 6. The zero-order valence-electron chi connectivity index (χ0n) is 22.7. The van der Waals surface area contributed by atoms with Crippen LogP contribution in [-0.4, -0.2) is 20.6 Å². The highest BCUT2D eigenvalue weighted by molar-refractivity contribution is 7.80. The Balaban J connectivity index is 1.65. The highest BCUT2D eigenvalue weighted by atomic mass is 35.5. The lowest BCUT2D eigenvalue weighted by Crippen LogP contribution is -2.30. The molecule has 0 spiro atoms. The quantitative estimate of drug-likeness (QED) is 0.245. The standard InChI is InChI=1S/C31H32ClN5OS/c1-18(2)30(38)34-25-15-14-23(17-24(25)32)37-29(28(35-31(37)39)26-13-9-10-16-33-26)27-19(3)20(4)36(21(27)5)22-11-7-6-8-12-22/h6-18,28-29H,1-5H3,(H,34,38)(H,35,39)/t28-,29-/m1/s1. The second-order valence-corrected chi connectivity index (χ2v) is 11.0. The van der Waals surface area contributed by atoms with Gasteiger partial charge in [-0.15, -0.1) is 0 Å². The summed E-state index contributed by atoms with van der Waals surface area (Å²) in [5.74, 6) is -0.234. The molecule has 1 aliphatic rings. The predicted octanol–water partition coefficient (Wildman–Crippen LogP) is 7.22. The fourth-order valence-corrected chi connectivity index (χ4v) is 5.93. The smallest absolute Gasteiger partial charge is 0.226 e. The second-order valence-electron chi connectivity index (χ2n) is 10.2. The largest absolute Gasteiger partial charge is 0.351 e. The summed E-state index contributed by atoms with van der Waals surface area (Å²) >= 11 is 12.6. The molecule has 8 heteroatoms. The van der Waals surface area contributed by atoms with Crippen molar-refractivity contribution in [1.82, 2.24) is 14.9 Å². The number of nitrogens with zero attached hydrogens (tertiary/aromatic N) is 3. The van der Waals surface area contributed by atoms with Gasteiger partial charge in [-0.3, -0.25) is 9.78 Å². The van der Waals surface area contributed by atoms with Crippen molar-refractivity contribution in [3.05, 3.63) is 106 Å². The molecule has 2 aromatic heterocycles. The minimum atomic E-state index is -0.179. The first-order valence-electron chi connectivity index (χ1n) is 13.0. The molecule has 2 N–H and O–H groups in total.